The van der Waals surface area contributed by atoms with Gasteiger partial charge in [-0.15, -0.1) is 0 Å². The number of nitrogens with one attached hydrogen (secondary N) is 1. The molecule has 3 nitrogen and oxygen atoms in total. The van der Waals surface area contributed by atoms with Crippen molar-refractivity contribution in [1.29, 1.82) is 0 Å². The molecule has 0 aromatic heterocycles. The van der Waals surface area contributed by atoms with E-state index in [0.717, 1.165) is 44.2 Å². The number of piperazine rings is 1. The van der Waals surface area contributed by atoms with Crippen molar-refractivity contribution in [1.82, 2.24) is 10.2 Å². The number of likely N-dealkylation sites (N-methyl/N-ethyl adjacent to an activating group) is 1. The van der Waals surface area contributed by atoms with Crippen LogP contribution in [-0.4, -0.2) is 44.2 Å². The van der Waals surface area contributed by atoms with Crippen LogP contribution in [0.2, 0.25) is 5.02 Å². The van der Waals surface area contributed by atoms with Crippen LogP contribution in [0.15, 0.2) is 18.2 Å². The number of nitrogens with zero attached hydrogens (tertiary/aromatic N) is 2. The van der Waals surface area contributed by atoms with Gasteiger partial charge in [-0.05, 0) is 44.6 Å². The molecule has 1 aliphatic rings. The van der Waals surface area contributed by atoms with Crippen molar-refractivity contribution >= 4 is 17.3 Å². The molecule has 1 aliphatic heterocycles. The Balaban J connectivity index is 2.05. The molecule has 1 unspecified atom stereocenters. The van der Waals surface area contributed by atoms with Crippen LogP contribution >= 0.6 is 11.6 Å². The fourth-order valence-corrected chi connectivity index (χ4v) is 3.11. The van der Waals surface area contributed by atoms with Gasteiger partial charge in [0.15, 0.2) is 0 Å². The minimum absolute atomic E-state index is 0.510. The highest BCUT2D eigenvalue weighted by Crippen LogP contribution is 2.29. The number of hydrogen-bond donors (Lipinski definition) is 1. The summed E-state index contributed by atoms with van der Waals surface area (Å²) in [7, 11) is 2.18. The van der Waals surface area contributed by atoms with E-state index in [4.69, 9.17) is 11.6 Å². The zero-order chi connectivity index (χ0) is 14.5. The lowest BCUT2D eigenvalue weighted by atomic mass is 10.1. The minimum Gasteiger partial charge on any atom is -0.365 e. The van der Waals surface area contributed by atoms with Crippen molar-refractivity contribution < 1.29 is 0 Å². The van der Waals surface area contributed by atoms with Crippen molar-refractivity contribution in [3.05, 3.63) is 28.8 Å². The Bertz CT molecular complexity index is 436. The average Bonchev–Trinajstić information content (AvgIpc) is 2.40. The largest absolute Gasteiger partial charge is 0.365 e. The Kier molecular flexibility index (Phi) is 5.70. The maximum atomic E-state index is 6.49. The van der Waals surface area contributed by atoms with Crippen molar-refractivity contribution in [2.45, 2.75) is 32.9 Å². The van der Waals surface area contributed by atoms with Gasteiger partial charge in [-0.3, -0.25) is 0 Å². The van der Waals surface area contributed by atoms with Gasteiger partial charge in [0.05, 0.1) is 10.7 Å². The second kappa shape index (κ2) is 7.30. The van der Waals surface area contributed by atoms with Crippen LogP contribution < -0.4 is 10.2 Å². The van der Waals surface area contributed by atoms with Gasteiger partial charge >= 0.3 is 0 Å². The van der Waals surface area contributed by atoms with E-state index in [1.807, 2.05) is 0 Å². The van der Waals surface area contributed by atoms with E-state index in [-0.39, 0.29) is 0 Å². The maximum absolute atomic E-state index is 6.49. The molecule has 0 bridgehead atoms. The lowest BCUT2D eigenvalue weighted by Crippen LogP contribution is -2.50. The van der Waals surface area contributed by atoms with E-state index in [9.17, 15) is 0 Å². The molecule has 4 heteroatoms. The molecule has 1 heterocycles. The first-order valence-corrected chi connectivity index (χ1v) is 7.94. The Morgan fingerprint density at radius 2 is 2.15 bits per heavy atom. The highest BCUT2D eigenvalue weighted by atomic mass is 35.5. The van der Waals surface area contributed by atoms with Crippen molar-refractivity contribution in [3.63, 3.8) is 0 Å². The van der Waals surface area contributed by atoms with Crippen LogP contribution in [0.4, 0.5) is 5.69 Å². The first kappa shape index (κ1) is 15.6. The van der Waals surface area contributed by atoms with Gasteiger partial charge in [-0.2, -0.15) is 0 Å². The van der Waals surface area contributed by atoms with Crippen LogP contribution in [0.1, 0.15) is 25.8 Å². The summed E-state index contributed by atoms with van der Waals surface area (Å²) in [6, 6.07) is 6.97. The summed E-state index contributed by atoms with van der Waals surface area (Å²) >= 11 is 6.49. The fourth-order valence-electron chi connectivity index (χ4n) is 2.80. The third kappa shape index (κ3) is 3.87. The van der Waals surface area contributed by atoms with E-state index in [1.54, 1.807) is 0 Å². The molecule has 112 valence electrons. The van der Waals surface area contributed by atoms with Gasteiger partial charge in [-0.25, -0.2) is 0 Å². The van der Waals surface area contributed by atoms with Crippen LogP contribution in [0.5, 0.6) is 0 Å². The van der Waals surface area contributed by atoms with Gasteiger partial charge in [0.1, 0.15) is 0 Å². The van der Waals surface area contributed by atoms with Crippen LogP contribution in [-0.2, 0) is 6.54 Å². The maximum Gasteiger partial charge on any atom is 0.0642 e. The first-order valence-electron chi connectivity index (χ1n) is 7.56. The SMILES string of the molecule is CCCNCc1ccc(N2CCN(C)CC2C)c(Cl)c1. The zero-order valence-corrected chi connectivity index (χ0v) is 13.6. The van der Waals surface area contributed by atoms with Crippen molar-refractivity contribution in [3.8, 4) is 0 Å². The third-order valence-electron chi connectivity index (χ3n) is 3.91. The highest BCUT2D eigenvalue weighted by molar-refractivity contribution is 6.33. The topological polar surface area (TPSA) is 18.5 Å². The highest BCUT2D eigenvalue weighted by Gasteiger charge is 2.23. The first-order chi connectivity index (χ1) is 9.61. The Morgan fingerprint density at radius 1 is 1.35 bits per heavy atom. The van der Waals surface area contributed by atoms with Crippen LogP contribution in [0, 0.1) is 0 Å². The monoisotopic (exact) mass is 295 g/mol. The molecule has 1 aromatic carbocycles. The van der Waals surface area contributed by atoms with Gasteiger partial charge in [-0.1, -0.05) is 24.6 Å². The van der Waals surface area contributed by atoms with Gasteiger partial charge in [0, 0.05) is 32.2 Å². The molecular weight excluding hydrogens is 270 g/mol. The number of anilines is 1. The molecule has 2 rings (SSSR count). The van der Waals surface area contributed by atoms with Gasteiger partial charge < -0.3 is 15.1 Å². The molecular formula is C16H26ClN3. The molecule has 0 radical (unpaired) electrons. The average molecular weight is 296 g/mol. The predicted molar refractivity (Wildman–Crippen MR) is 87.8 cm³/mol. The molecule has 1 aromatic rings. The molecule has 0 aliphatic carbocycles. The summed E-state index contributed by atoms with van der Waals surface area (Å²) in [4.78, 5) is 4.80. The summed E-state index contributed by atoms with van der Waals surface area (Å²) in [6.45, 7) is 9.63. The predicted octanol–water partition coefficient (Wildman–Crippen LogP) is 2.98. The van der Waals surface area contributed by atoms with Crippen molar-refractivity contribution in [2.24, 2.45) is 0 Å². The summed E-state index contributed by atoms with van der Waals surface area (Å²) in [5, 5.41) is 4.29. The second-order valence-corrected chi connectivity index (χ2v) is 6.17. The Morgan fingerprint density at radius 3 is 2.80 bits per heavy atom. The number of halogens is 1. The molecule has 1 N–H and O–H groups in total. The minimum atomic E-state index is 0.510. The quantitative estimate of drug-likeness (QED) is 0.843. The van der Waals surface area contributed by atoms with Gasteiger partial charge in [0.2, 0.25) is 0 Å². The van der Waals surface area contributed by atoms with Gasteiger partial charge in [0.25, 0.3) is 0 Å². The smallest absolute Gasteiger partial charge is 0.0642 e. The number of rotatable bonds is 5. The van der Waals surface area contributed by atoms with Crippen molar-refractivity contribution in [2.75, 3.05) is 38.1 Å². The fraction of sp³-hybridized carbons (Fsp3) is 0.625. The summed E-state index contributed by atoms with van der Waals surface area (Å²) in [6.07, 6.45) is 1.16. The standard InChI is InChI=1S/C16H26ClN3/c1-4-7-18-11-14-5-6-16(15(17)10-14)20-9-8-19(3)12-13(20)2/h5-6,10,13,18H,4,7-9,11-12H2,1-3H3. The van der Waals surface area contributed by atoms with E-state index in [1.165, 1.54) is 11.3 Å². The molecule has 1 atom stereocenters. The van der Waals surface area contributed by atoms with Crippen LogP contribution in [0.3, 0.4) is 0 Å². The summed E-state index contributed by atoms with van der Waals surface area (Å²) in [5.74, 6) is 0. The normalized spacial score (nSPS) is 20.4. The summed E-state index contributed by atoms with van der Waals surface area (Å²) in [5.41, 5.74) is 2.43. The second-order valence-electron chi connectivity index (χ2n) is 5.77. The molecule has 0 amide bonds. The lowest BCUT2D eigenvalue weighted by molar-refractivity contribution is 0.275. The van der Waals surface area contributed by atoms with E-state index in [2.05, 4.69) is 54.2 Å². The number of hydrogen-bond acceptors (Lipinski definition) is 3. The molecule has 0 saturated carbocycles. The zero-order valence-electron chi connectivity index (χ0n) is 12.8. The molecule has 1 saturated heterocycles. The number of benzene rings is 1. The van der Waals surface area contributed by atoms with E-state index < -0.39 is 0 Å². The van der Waals surface area contributed by atoms with E-state index >= 15 is 0 Å². The van der Waals surface area contributed by atoms with Crippen LogP contribution in [0.25, 0.3) is 0 Å². The lowest BCUT2D eigenvalue weighted by Gasteiger charge is -2.40. The summed E-state index contributed by atoms with van der Waals surface area (Å²) < 4.78 is 0. The molecule has 1 fully saturated rings. The molecule has 20 heavy (non-hydrogen) atoms. The Labute approximate surface area is 127 Å². The van der Waals surface area contributed by atoms with E-state index in [0.29, 0.717) is 6.04 Å². The third-order valence-corrected chi connectivity index (χ3v) is 4.21. The molecule has 0 spiro atoms. The Hall–Kier alpha value is -0.770.